The molecular weight excluding hydrogens is 420 g/mol. The normalized spacial score (nSPS) is 20.0. The third-order valence-electron chi connectivity index (χ3n) is 5.11. The van der Waals surface area contributed by atoms with E-state index in [0.29, 0.717) is 32.5 Å². The third-order valence-corrected chi connectivity index (χ3v) is 6.60. The molecule has 2 N–H and O–H groups in total. The Labute approximate surface area is 184 Å². The van der Waals surface area contributed by atoms with Gasteiger partial charge in [-0.3, -0.25) is 14.4 Å². The number of sulfonamides is 1. The molecule has 1 aromatic rings. The highest BCUT2D eigenvalue weighted by atomic mass is 32.2. The highest BCUT2D eigenvalue weighted by Crippen LogP contribution is 2.20. The van der Waals surface area contributed by atoms with Crippen molar-refractivity contribution < 1.29 is 27.5 Å². The maximum absolute atomic E-state index is 13.1. The molecule has 172 valence electrons. The van der Waals surface area contributed by atoms with Crippen LogP contribution in [-0.4, -0.2) is 51.7 Å². The highest BCUT2D eigenvalue weighted by Gasteiger charge is 2.32. The molecule has 0 bridgehead atoms. The smallest absolute Gasteiger partial charge is 0.287 e. The molecule has 1 heterocycles. The molecule has 2 rings (SSSR count). The fourth-order valence-electron chi connectivity index (χ4n) is 3.49. The zero-order chi connectivity index (χ0) is 22.9. The minimum absolute atomic E-state index is 0.0520. The van der Waals surface area contributed by atoms with Crippen molar-refractivity contribution in [1.29, 1.82) is 0 Å². The lowest BCUT2D eigenvalue weighted by atomic mass is 9.88. The Morgan fingerprint density at radius 2 is 1.87 bits per heavy atom. The molecule has 1 aliphatic heterocycles. The summed E-state index contributed by atoms with van der Waals surface area (Å²) in [7, 11) is -3.90. The number of Topliss-reactive ketones (excluding diaryl/α,β-unsaturated/α-hetero) is 2. The van der Waals surface area contributed by atoms with Crippen LogP contribution >= 0.6 is 0 Å². The molecule has 1 fully saturated rings. The van der Waals surface area contributed by atoms with Crippen LogP contribution in [0.1, 0.15) is 46.0 Å². The number of ether oxygens (including phenoxy) is 1. The molecule has 0 saturated carbocycles. The van der Waals surface area contributed by atoms with Crippen molar-refractivity contribution in [3.8, 4) is 0 Å². The van der Waals surface area contributed by atoms with Gasteiger partial charge in [-0.2, -0.15) is 0 Å². The SMILES string of the molecule is CC(C)CC(NS(=O)(=O)c1ccccc1)C(=O)CC1CCCCOCCNC(=O)C1=O. The van der Waals surface area contributed by atoms with Gasteiger partial charge in [-0.05, 0) is 37.3 Å². The van der Waals surface area contributed by atoms with E-state index in [0.717, 1.165) is 6.42 Å². The van der Waals surface area contributed by atoms with E-state index < -0.39 is 33.7 Å². The van der Waals surface area contributed by atoms with Gasteiger partial charge in [0, 0.05) is 25.5 Å². The second-order valence-corrected chi connectivity index (χ2v) is 9.93. The lowest BCUT2D eigenvalue weighted by molar-refractivity contribution is -0.141. The van der Waals surface area contributed by atoms with Crippen molar-refractivity contribution in [1.82, 2.24) is 10.0 Å². The zero-order valence-corrected chi connectivity index (χ0v) is 18.9. The maximum atomic E-state index is 13.1. The molecule has 1 aliphatic rings. The highest BCUT2D eigenvalue weighted by molar-refractivity contribution is 7.89. The fourth-order valence-corrected chi connectivity index (χ4v) is 4.74. The van der Waals surface area contributed by atoms with Crippen LogP contribution in [0, 0.1) is 11.8 Å². The molecule has 31 heavy (non-hydrogen) atoms. The van der Waals surface area contributed by atoms with Gasteiger partial charge in [0.1, 0.15) is 0 Å². The average Bonchev–Trinajstić information content (AvgIpc) is 2.76. The summed E-state index contributed by atoms with van der Waals surface area (Å²) in [6, 6.07) is 6.87. The molecule has 0 radical (unpaired) electrons. The number of ketones is 2. The standard InChI is InChI=1S/C22H32N2O6S/c1-16(2)14-19(24-31(28,29)18-9-4-3-5-10-18)20(25)15-17-8-6-7-12-30-13-11-23-22(27)21(17)26/h3-5,9-10,16-17,19,24H,6-8,11-15H2,1-2H3,(H,23,27). The summed E-state index contributed by atoms with van der Waals surface area (Å²) in [6.45, 7) is 4.88. The number of amides is 1. The zero-order valence-electron chi connectivity index (χ0n) is 18.1. The van der Waals surface area contributed by atoms with E-state index in [9.17, 15) is 22.8 Å². The number of hydrogen-bond acceptors (Lipinski definition) is 6. The summed E-state index contributed by atoms with van der Waals surface area (Å²) in [5.74, 6) is -2.47. The van der Waals surface area contributed by atoms with Gasteiger partial charge in [0.2, 0.25) is 15.8 Å². The average molecular weight is 453 g/mol. The Morgan fingerprint density at radius 1 is 1.16 bits per heavy atom. The van der Waals surface area contributed by atoms with E-state index in [2.05, 4.69) is 10.0 Å². The number of carbonyl (C=O) groups excluding carboxylic acids is 3. The van der Waals surface area contributed by atoms with E-state index in [-0.39, 0.29) is 29.6 Å². The molecule has 2 atom stereocenters. The first-order valence-corrected chi connectivity index (χ1v) is 12.2. The van der Waals surface area contributed by atoms with Crippen LogP contribution in [0.25, 0.3) is 0 Å². The molecule has 9 heteroatoms. The van der Waals surface area contributed by atoms with Crippen molar-refractivity contribution in [2.45, 2.75) is 56.9 Å². The predicted octanol–water partition coefficient (Wildman–Crippen LogP) is 1.84. The molecule has 1 amide bonds. The van der Waals surface area contributed by atoms with Crippen molar-refractivity contribution in [3.63, 3.8) is 0 Å². The summed E-state index contributed by atoms with van der Waals surface area (Å²) >= 11 is 0. The molecule has 1 aromatic carbocycles. The van der Waals surface area contributed by atoms with Crippen LogP contribution in [0.2, 0.25) is 0 Å². The Morgan fingerprint density at radius 3 is 2.55 bits per heavy atom. The van der Waals surface area contributed by atoms with Crippen LogP contribution in [0.15, 0.2) is 35.2 Å². The monoisotopic (exact) mass is 452 g/mol. The Balaban J connectivity index is 2.16. The second-order valence-electron chi connectivity index (χ2n) is 8.21. The number of carbonyl (C=O) groups is 3. The van der Waals surface area contributed by atoms with E-state index in [1.165, 1.54) is 12.1 Å². The minimum Gasteiger partial charge on any atom is -0.380 e. The summed E-state index contributed by atoms with van der Waals surface area (Å²) in [5, 5.41) is 2.52. The number of rotatable bonds is 8. The first kappa shape index (κ1) is 25.2. The van der Waals surface area contributed by atoms with Crippen LogP contribution in [0.4, 0.5) is 0 Å². The topological polar surface area (TPSA) is 119 Å². The Kier molecular flexibility index (Phi) is 9.80. The molecule has 0 aromatic heterocycles. The van der Waals surface area contributed by atoms with E-state index in [1.54, 1.807) is 18.2 Å². The van der Waals surface area contributed by atoms with Gasteiger partial charge in [0.25, 0.3) is 5.91 Å². The van der Waals surface area contributed by atoms with Gasteiger partial charge >= 0.3 is 0 Å². The van der Waals surface area contributed by atoms with Crippen LogP contribution < -0.4 is 10.0 Å². The first-order chi connectivity index (χ1) is 14.7. The van der Waals surface area contributed by atoms with E-state index >= 15 is 0 Å². The van der Waals surface area contributed by atoms with Crippen molar-refractivity contribution >= 4 is 27.5 Å². The Hall–Kier alpha value is -2.10. The second kappa shape index (κ2) is 12.1. The minimum atomic E-state index is -3.90. The third kappa shape index (κ3) is 8.16. The molecule has 8 nitrogen and oxygen atoms in total. The summed E-state index contributed by atoms with van der Waals surface area (Å²) in [5.41, 5.74) is 0. The number of nitrogens with one attached hydrogen (secondary N) is 2. The van der Waals surface area contributed by atoms with Crippen LogP contribution in [0.5, 0.6) is 0 Å². The quantitative estimate of drug-likeness (QED) is 0.581. The molecule has 1 saturated heterocycles. The molecule has 2 unspecified atom stereocenters. The predicted molar refractivity (Wildman–Crippen MR) is 116 cm³/mol. The van der Waals surface area contributed by atoms with Crippen LogP contribution in [-0.2, 0) is 29.1 Å². The van der Waals surface area contributed by atoms with Gasteiger partial charge in [-0.1, -0.05) is 38.5 Å². The van der Waals surface area contributed by atoms with Gasteiger partial charge in [0.15, 0.2) is 5.78 Å². The van der Waals surface area contributed by atoms with E-state index in [1.807, 2.05) is 13.8 Å². The summed E-state index contributed by atoms with van der Waals surface area (Å²) in [6.07, 6.45) is 1.86. The summed E-state index contributed by atoms with van der Waals surface area (Å²) < 4.78 is 33.4. The lowest BCUT2D eigenvalue weighted by Gasteiger charge is -2.22. The molecule has 0 spiro atoms. The molecule has 0 aliphatic carbocycles. The van der Waals surface area contributed by atoms with Gasteiger partial charge in [-0.15, -0.1) is 0 Å². The van der Waals surface area contributed by atoms with Crippen molar-refractivity contribution in [3.05, 3.63) is 30.3 Å². The fraction of sp³-hybridized carbons (Fsp3) is 0.591. The van der Waals surface area contributed by atoms with Crippen LogP contribution in [0.3, 0.4) is 0 Å². The molecular formula is C22H32N2O6S. The lowest BCUT2D eigenvalue weighted by Crippen LogP contribution is -2.44. The van der Waals surface area contributed by atoms with Crippen molar-refractivity contribution in [2.24, 2.45) is 11.8 Å². The number of hydrogen-bond donors (Lipinski definition) is 2. The van der Waals surface area contributed by atoms with Gasteiger partial charge in [0.05, 0.1) is 17.5 Å². The van der Waals surface area contributed by atoms with Crippen molar-refractivity contribution in [2.75, 3.05) is 19.8 Å². The first-order valence-electron chi connectivity index (χ1n) is 10.7. The summed E-state index contributed by atoms with van der Waals surface area (Å²) in [4.78, 5) is 37.9. The van der Waals surface area contributed by atoms with Gasteiger partial charge < -0.3 is 10.1 Å². The van der Waals surface area contributed by atoms with Gasteiger partial charge in [-0.25, -0.2) is 13.1 Å². The van der Waals surface area contributed by atoms with E-state index in [4.69, 9.17) is 4.74 Å². The maximum Gasteiger partial charge on any atom is 0.287 e. The Bertz CT molecular complexity index is 854. The number of benzene rings is 1. The largest absolute Gasteiger partial charge is 0.380 e.